The normalized spacial score (nSPS) is 17.7. The van der Waals surface area contributed by atoms with E-state index in [-0.39, 0.29) is 28.9 Å². The number of nitrogens with zero attached hydrogens (tertiary/aromatic N) is 7. The lowest BCUT2D eigenvalue weighted by molar-refractivity contribution is -0.00778. The van der Waals surface area contributed by atoms with Crippen molar-refractivity contribution in [2.45, 2.75) is 77.9 Å². The molecule has 4 rings (SSSR count). The Morgan fingerprint density at radius 3 is 2.53 bits per heavy atom. The van der Waals surface area contributed by atoms with Crippen LogP contribution in [0.4, 0.5) is 21.8 Å². The molecule has 1 fully saturated rings. The largest absolute Gasteiger partial charge is 0.492 e. The second-order valence-corrected chi connectivity index (χ2v) is 10.4. The van der Waals surface area contributed by atoms with Gasteiger partial charge < -0.3 is 15.4 Å². The summed E-state index contributed by atoms with van der Waals surface area (Å²) in [5.74, 6) is 1.35. The van der Waals surface area contributed by atoms with Crippen LogP contribution in [0.3, 0.4) is 0 Å². The van der Waals surface area contributed by atoms with Gasteiger partial charge in [-0.05, 0) is 83.1 Å². The fourth-order valence-corrected chi connectivity index (χ4v) is 4.98. The molecule has 1 saturated heterocycles. The van der Waals surface area contributed by atoms with Crippen molar-refractivity contribution in [3.05, 3.63) is 36.0 Å². The quantitative estimate of drug-likeness (QED) is 0.469. The average Bonchev–Trinajstić information content (AvgIpc) is 3.29. The van der Waals surface area contributed by atoms with Crippen molar-refractivity contribution in [3.8, 4) is 11.4 Å². The lowest BCUT2D eigenvalue weighted by Gasteiger charge is -2.53. The van der Waals surface area contributed by atoms with Crippen molar-refractivity contribution in [1.29, 1.82) is 0 Å². The number of ether oxygens (including phenoxy) is 1. The molecule has 0 amide bonds. The third kappa shape index (κ3) is 5.25. The van der Waals surface area contributed by atoms with E-state index in [4.69, 9.17) is 4.74 Å². The fourth-order valence-electron chi connectivity index (χ4n) is 4.98. The van der Waals surface area contributed by atoms with Crippen molar-refractivity contribution < 1.29 is 9.13 Å². The number of tetrazole rings is 1. The summed E-state index contributed by atoms with van der Waals surface area (Å²) in [6.07, 6.45) is 3.59. The summed E-state index contributed by atoms with van der Waals surface area (Å²) in [5, 5.41) is 18.5. The maximum absolute atomic E-state index is 14.7. The van der Waals surface area contributed by atoms with Crippen LogP contribution in [0.5, 0.6) is 5.75 Å². The molecular weight excluding hydrogens is 461 g/mol. The lowest BCUT2D eigenvalue weighted by Crippen LogP contribution is -2.61. The van der Waals surface area contributed by atoms with Gasteiger partial charge in [0.1, 0.15) is 11.4 Å². The zero-order valence-corrected chi connectivity index (χ0v) is 22.1. The molecule has 36 heavy (non-hydrogen) atoms. The predicted molar refractivity (Wildman–Crippen MR) is 138 cm³/mol. The molecule has 11 heteroatoms. The first-order chi connectivity index (χ1) is 17.0. The van der Waals surface area contributed by atoms with Crippen molar-refractivity contribution in [2.24, 2.45) is 0 Å². The zero-order chi connectivity index (χ0) is 26.1. The highest BCUT2D eigenvalue weighted by Gasteiger charge is 2.43. The van der Waals surface area contributed by atoms with Crippen LogP contribution in [-0.4, -0.2) is 65.8 Å². The maximum Gasteiger partial charge on any atom is 0.229 e. The molecule has 0 atom stereocenters. The number of nitrogens with one attached hydrogen (secondary N) is 2. The van der Waals surface area contributed by atoms with E-state index in [9.17, 15) is 4.39 Å². The number of aryl methyl sites for hydroxylation is 1. The minimum Gasteiger partial charge on any atom is -0.492 e. The van der Waals surface area contributed by atoms with Crippen LogP contribution in [0.1, 0.15) is 60.2 Å². The fraction of sp³-hybridized carbons (Fsp3) is 0.560. The molecular formula is C25H36FN9O. The first-order valence-corrected chi connectivity index (χ1v) is 12.4. The number of halogens is 1. The smallest absolute Gasteiger partial charge is 0.229 e. The van der Waals surface area contributed by atoms with Crippen molar-refractivity contribution in [3.63, 3.8) is 0 Å². The number of anilines is 3. The Morgan fingerprint density at radius 2 is 1.86 bits per heavy atom. The monoisotopic (exact) mass is 497 g/mol. The Hall–Kier alpha value is -3.34. The number of benzene rings is 1. The van der Waals surface area contributed by atoms with Gasteiger partial charge >= 0.3 is 0 Å². The van der Waals surface area contributed by atoms with Gasteiger partial charge in [0.05, 0.1) is 12.8 Å². The number of aromatic nitrogens is 6. The van der Waals surface area contributed by atoms with Crippen LogP contribution in [0.2, 0.25) is 0 Å². The summed E-state index contributed by atoms with van der Waals surface area (Å²) in [5.41, 5.74) is 1.33. The number of hydrogen-bond acceptors (Lipinski definition) is 9. The van der Waals surface area contributed by atoms with Gasteiger partial charge in [0, 0.05) is 29.2 Å². The number of likely N-dealkylation sites (tertiary alicyclic amines) is 1. The number of piperidine rings is 1. The topological polar surface area (TPSA) is 106 Å². The predicted octanol–water partition coefficient (Wildman–Crippen LogP) is 4.36. The van der Waals surface area contributed by atoms with E-state index in [1.165, 1.54) is 6.20 Å². The molecule has 2 aromatic heterocycles. The van der Waals surface area contributed by atoms with E-state index >= 15 is 0 Å². The van der Waals surface area contributed by atoms with Gasteiger partial charge in [-0.2, -0.15) is 9.67 Å². The first-order valence-electron chi connectivity index (χ1n) is 12.4. The third-order valence-electron chi connectivity index (χ3n) is 6.99. The summed E-state index contributed by atoms with van der Waals surface area (Å²) in [6.45, 7) is 13.3. The van der Waals surface area contributed by atoms with Crippen LogP contribution >= 0.6 is 0 Å². The molecule has 0 spiro atoms. The van der Waals surface area contributed by atoms with Gasteiger partial charge in [-0.25, -0.2) is 9.37 Å². The van der Waals surface area contributed by atoms with Crippen molar-refractivity contribution >= 4 is 17.5 Å². The Kier molecular flexibility index (Phi) is 7.12. The van der Waals surface area contributed by atoms with Crippen LogP contribution in [0.25, 0.3) is 5.69 Å². The minimum atomic E-state index is -0.483. The second-order valence-electron chi connectivity index (χ2n) is 10.4. The van der Waals surface area contributed by atoms with E-state index in [0.29, 0.717) is 36.0 Å². The lowest BCUT2D eigenvalue weighted by atomic mass is 9.77. The molecule has 2 N–H and O–H groups in total. The molecule has 0 saturated carbocycles. The van der Waals surface area contributed by atoms with Crippen molar-refractivity contribution in [1.82, 2.24) is 35.1 Å². The van der Waals surface area contributed by atoms with Gasteiger partial charge in [0.15, 0.2) is 17.5 Å². The maximum atomic E-state index is 14.7. The Balaban J connectivity index is 1.58. The third-order valence-corrected chi connectivity index (χ3v) is 6.99. The molecule has 0 radical (unpaired) electrons. The highest BCUT2D eigenvalue weighted by Crippen LogP contribution is 2.38. The highest BCUT2D eigenvalue weighted by molar-refractivity contribution is 5.63. The molecule has 194 valence electrons. The molecule has 1 aromatic carbocycles. The van der Waals surface area contributed by atoms with Gasteiger partial charge in [-0.15, -0.1) is 5.10 Å². The summed E-state index contributed by atoms with van der Waals surface area (Å²) in [7, 11) is 2.15. The Morgan fingerprint density at radius 1 is 1.14 bits per heavy atom. The first kappa shape index (κ1) is 25.7. The molecule has 10 nitrogen and oxygen atoms in total. The molecule has 0 bridgehead atoms. The van der Waals surface area contributed by atoms with Crippen LogP contribution in [0, 0.1) is 5.82 Å². The Bertz CT molecular complexity index is 1190. The summed E-state index contributed by atoms with van der Waals surface area (Å²) in [4.78, 5) is 11.0. The van der Waals surface area contributed by atoms with E-state index in [2.05, 4.69) is 75.8 Å². The van der Waals surface area contributed by atoms with Gasteiger partial charge in [-0.3, -0.25) is 4.90 Å². The van der Waals surface area contributed by atoms with E-state index in [1.807, 2.05) is 32.0 Å². The average molecular weight is 498 g/mol. The zero-order valence-electron chi connectivity index (χ0n) is 22.1. The van der Waals surface area contributed by atoms with Crippen LogP contribution < -0.4 is 15.4 Å². The molecule has 0 unspecified atom stereocenters. The molecule has 1 aliphatic rings. The summed E-state index contributed by atoms with van der Waals surface area (Å²) in [6, 6.07) is 5.63. The van der Waals surface area contributed by atoms with Crippen molar-refractivity contribution in [2.75, 3.05) is 24.3 Å². The molecule has 1 aliphatic heterocycles. The van der Waals surface area contributed by atoms with Crippen LogP contribution in [-0.2, 0) is 6.42 Å². The van der Waals surface area contributed by atoms with E-state index < -0.39 is 5.82 Å². The van der Waals surface area contributed by atoms with Crippen LogP contribution in [0.15, 0.2) is 24.4 Å². The summed E-state index contributed by atoms with van der Waals surface area (Å²) < 4.78 is 22.2. The molecule has 0 aliphatic carbocycles. The standard InChI is InChI=1S/C25H36FN9O/c1-8-21-31-32-33-35(21)19-12-16(10-11-20(19)36-9-2)29-23-27-15-18(26)22(30-23)28-17-13-24(3,4)34(7)25(5,6)14-17/h10-12,15,17H,8-9,13-14H2,1-7H3,(H2,27,28,29,30). The van der Waals surface area contributed by atoms with Gasteiger partial charge in [0.2, 0.25) is 5.95 Å². The summed E-state index contributed by atoms with van der Waals surface area (Å²) >= 11 is 0. The molecule has 3 aromatic rings. The Labute approximate surface area is 211 Å². The highest BCUT2D eigenvalue weighted by atomic mass is 19.1. The van der Waals surface area contributed by atoms with E-state index in [0.717, 1.165) is 12.8 Å². The number of rotatable bonds is 8. The van der Waals surface area contributed by atoms with Gasteiger partial charge in [0.25, 0.3) is 0 Å². The SMILES string of the molecule is CCOc1ccc(Nc2ncc(F)c(NC3CC(C)(C)N(C)C(C)(C)C3)n2)cc1-n1nnnc1CC. The molecule has 3 heterocycles. The van der Waals surface area contributed by atoms with Gasteiger partial charge in [-0.1, -0.05) is 6.92 Å². The number of hydrogen-bond donors (Lipinski definition) is 2. The van der Waals surface area contributed by atoms with E-state index in [1.54, 1.807) is 4.68 Å². The second kappa shape index (κ2) is 9.96. The minimum absolute atomic E-state index is 0.0315.